The molecule has 32 heavy (non-hydrogen) atoms. The van der Waals surface area contributed by atoms with E-state index in [0.717, 1.165) is 0 Å². The van der Waals surface area contributed by atoms with E-state index in [9.17, 15) is 18.0 Å². The maximum Gasteiger partial charge on any atom is 0.422 e. The van der Waals surface area contributed by atoms with Gasteiger partial charge in [0.2, 0.25) is 5.91 Å². The highest BCUT2D eigenvalue weighted by molar-refractivity contribution is 5.96. The van der Waals surface area contributed by atoms with Crippen molar-refractivity contribution in [2.24, 2.45) is 5.41 Å². The summed E-state index contributed by atoms with van der Waals surface area (Å²) in [5.74, 6) is -0.272. The summed E-state index contributed by atoms with van der Waals surface area (Å²) in [6, 6.07) is 3.54. The SMILES string of the molecule is C=CC(=O)N1CC2(CCN(c3ncnc(-c4c(C)ccc5[nH]ncc45)c3C(F)(F)F)C2)C1. The van der Waals surface area contributed by atoms with E-state index >= 15 is 0 Å². The van der Waals surface area contributed by atoms with Crippen molar-refractivity contribution in [2.75, 3.05) is 31.1 Å². The molecule has 1 aromatic carbocycles. The minimum atomic E-state index is -4.65. The first-order valence-electron chi connectivity index (χ1n) is 10.2. The number of nitrogens with one attached hydrogen (secondary N) is 1. The van der Waals surface area contributed by atoms with Crippen molar-refractivity contribution in [1.29, 1.82) is 0 Å². The largest absolute Gasteiger partial charge is 0.422 e. The normalized spacial score (nSPS) is 17.8. The molecule has 2 fully saturated rings. The zero-order valence-electron chi connectivity index (χ0n) is 17.4. The first-order chi connectivity index (χ1) is 15.2. The monoisotopic (exact) mass is 442 g/mol. The van der Waals surface area contributed by atoms with E-state index in [-0.39, 0.29) is 22.8 Å². The quantitative estimate of drug-likeness (QED) is 0.628. The number of halogens is 3. The Morgan fingerprint density at radius 1 is 1.25 bits per heavy atom. The van der Waals surface area contributed by atoms with Crippen LogP contribution in [0.15, 0.2) is 37.3 Å². The van der Waals surface area contributed by atoms with Crippen LogP contribution in [0.1, 0.15) is 17.5 Å². The van der Waals surface area contributed by atoms with Gasteiger partial charge in [-0.15, -0.1) is 0 Å². The molecule has 2 aliphatic rings. The van der Waals surface area contributed by atoms with E-state index in [1.807, 2.05) is 0 Å². The summed E-state index contributed by atoms with van der Waals surface area (Å²) in [5, 5.41) is 7.37. The number of benzene rings is 1. The number of likely N-dealkylation sites (tertiary alicyclic amines) is 1. The standard InChI is InChI=1S/C22H21F3N6O/c1-3-16(32)31-10-21(11-31)6-7-30(9-21)20-18(22(23,24)25)19(26-12-27-20)17-13(2)4-5-15-14(17)8-28-29-15/h3-5,8,12H,1,6-7,9-11H2,2H3,(H,28,29). The highest BCUT2D eigenvalue weighted by Crippen LogP contribution is 2.47. The first kappa shape index (κ1) is 20.5. The van der Waals surface area contributed by atoms with Gasteiger partial charge in [-0.05, 0) is 31.1 Å². The molecule has 2 aromatic heterocycles. The van der Waals surface area contributed by atoms with Crippen LogP contribution in [0.2, 0.25) is 0 Å². The Morgan fingerprint density at radius 3 is 2.75 bits per heavy atom. The molecule has 0 radical (unpaired) electrons. The number of aromatic amines is 1. The minimum Gasteiger partial charge on any atom is -0.355 e. The molecule has 0 saturated carbocycles. The van der Waals surface area contributed by atoms with Gasteiger partial charge < -0.3 is 9.80 Å². The molecule has 0 aliphatic carbocycles. The summed E-state index contributed by atoms with van der Waals surface area (Å²) < 4.78 is 43.2. The van der Waals surface area contributed by atoms with E-state index in [4.69, 9.17) is 0 Å². The average molecular weight is 442 g/mol. The molecule has 3 aromatic rings. The molecule has 0 bridgehead atoms. The number of aryl methyl sites for hydroxylation is 1. The maximum absolute atomic E-state index is 14.4. The van der Waals surface area contributed by atoms with Crippen LogP contribution in [-0.4, -0.2) is 57.2 Å². The summed E-state index contributed by atoms with van der Waals surface area (Å²) in [7, 11) is 0. The van der Waals surface area contributed by atoms with Gasteiger partial charge >= 0.3 is 6.18 Å². The number of anilines is 1. The van der Waals surface area contributed by atoms with E-state index in [1.165, 1.54) is 18.6 Å². The number of hydrogen-bond acceptors (Lipinski definition) is 5. The smallest absolute Gasteiger partial charge is 0.355 e. The lowest BCUT2D eigenvalue weighted by atomic mass is 9.79. The van der Waals surface area contributed by atoms with Crippen molar-refractivity contribution in [1.82, 2.24) is 25.1 Å². The fourth-order valence-electron chi connectivity index (χ4n) is 4.93. The number of hydrogen-bond donors (Lipinski definition) is 1. The Balaban J connectivity index is 1.57. The van der Waals surface area contributed by atoms with E-state index < -0.39 is 11.7 Å². The van der Waals surface area contributed by atoms with Crippen molar-refractivity contribution in [2.45, 2.75) is 19.5 Å². The molecular weight excluding hydrogens is 421 g/mol. The molecule has 166 valence electrons. The summed E-state index contributed by atoms with van der Waals surface area (Å²) in [6.45, 7) is 7.12. The van der Waals surface area contributed by atoms with E-state index in [2.05, 4.69) is 26.7 Å². The predicted molar refractivity (Wildman–Crippen MR) is 113 cm³/mol. The van der Waals surface area contributed by atoms with Crippen LogP contribution in [0, 0.1) is 12.3 Å². The number of carbonyl (C=O) groups excluding carboxylic acids is 1. The lowest BCUT2D eigenvalue weighted by Gasteiger charge is -2.47. The minimum absolute atomic E-state index is 0.118. The second kappa shape index (κ2) is 7.04. The average Bonchev–Trinajstić information content (AvgIpc) is 3.38. The number of carbonyl (C=O) groups is 1. The van der Waals surface area contributed by atoms with Gasteiger partial charge in [-0.3, -0.25) is 9.89 Å². The molecule has 7 nitrogen and oxygen atoms in total. The summed E-state index contributed by atoms with van der Waals surface area (Å²) in [6.07, 6.45) is 0.0177. The second-order valence-electron chi connectivity index (χ2n) is 8.58. The van der Waals surface area contributed by atoms with Crippen molar-refractivity contribution in [3.05, 3.63) is 48.4 Å². The molecule has 1 spiro atoms. The number of aromatic nitrogens is 4. The van der Waals surface area contributed by atoms with Crippen molar-refractivity contribution in [3.8, 4) is 11.3 Å². The summed E-state index contributed by atoms with van der Waals surface area (Å²) >= 11 is 0. The van der Waals surface area contributed by atoms with Gasteiger partial charge in [-0.1, -0.05) is 12.6 Å². The lowest BCUT2D eigenvalue weighted by molar-refractivity contribution is -0.137. The van der Waals surface area contributed by atoms with Gasteiger partial charge in [-0.2, -0.15) is 18.3 Å². The summed E-state index contributed by atoms with van der Waals surface area (Å²) in [5.41, 5.74) is 0.502. The maximum atomic E-state index is 14.4. The van der Waals surface area contributed by atoms with Gasteiger partial charge in [0.1, 0.15) is 17.7 Å². The molecule has 2 aliphatic heterocycles. The molecule has 0 unspecified atom stereocenters. The second-order valence-corrected chi connectivity index (χ2v) is 8.58. The van der Waals surface area contributed by atoms with Gasteiger partial charge in [0.05, 0.1) is 17.4 Å². The van der Waals surface area contributed by atoms with Crippen molar-refractivity contribution < 1.29 is 18.0 Å². The highest BCUT2D eigenvalue weighted by Gasteiger charge is 2.50. The Bertz CT molecular complexity index is 1230. The predicted octanol–water partition coefficient (Wildman–Crippen LogP) is 3.57. The lowest BCUT2D eigenvalue weighted by Crippen LogP contribution is -2.59. The Kier molecular flexibility index (Phi) is 4.51. The number of amides is 1. The van der Waals surface area contributed by atoms with Gasteiger partial charge in [-0.25, -0.2) is 9.97 Å². The van der Waals surface area contributed by atoms with Crippen LogP contribution in [0.3, 0.4) is 0 Å². The molecule has 0 atom stereocenters. The van der Waals surface area contributed by atoms with E-state index in [1.54, 1.807) is 28.9 Å². The molecular formula is C22H21F3N6O. The van der Waals surface area contributed by atoms with Crippen molar-refractivity contribution in [3.63, 3.8) is 0 Å². The Hall–Kier alpha value is -3.43. The molecule has 1 N–H and O–H groups in total. The van der Waals surface area contributed by atoms with Gasteiger partial charge in [0.15, 0.2) is 0 Å². The van der Waals surface area contributed by atoms with E-state index in [0.29, 0.717) is 54.6 Å². The topological polar surface area (TPSA) is 78.0 Å². The third-order valence-corrected chi connectivity index (χ3v) is 6.46. The third-order valence-electron chi connectivity index (χ3n) is 6.46. The molecule has 4 heterocycles. The van der Waals surface area contributed by atoms with Crippen LogP contribution < -0.4 is 4.90 Å². The van der Waals surface area contributed by atoms with Crippen LogP contribution in [0.4, 0.5) is 19.0 Å². The van der Waals surface area contributed by atoms with Crippen LogP contribution in [0.5, 0.6) is 0 Å². The number of H-pyrrole nitrogens is 1. The van der Waals surface area contributed by atoms with Crippen LogP contribution in [-0.2, 0) is 11.0 Å². The Morgan fingerprint density at radius 2 is 2.03 bits per heavy atom. The molecule has 2 saturated heterocycles. The zero-order chi connectivity index (χ0) is 22.7. The number of nitrogens with zero attached hydrogens (tertiary/aromatic N) is 5. The number of alkyl halides is 3. The van der Waals surface area contributed by atoms with Crippen molar-refractivity contribution >= 4 is 22.6 Å². The van der Waals surface area contributed by atoms with Gasteiger partial charge in [0.25, 0.3) is 0 Å². The highest BCUT2D eigenvalue weighted by atomic mass is 19.4. The number of fused-ring (bicyclic) bond motifs is 1. The number of rotatable bonds is 3. The third kappa shape index (κ3) is 3.12. The van der Waals surface area contributed by atoms with Crippen LogP contribution in [0.25, 0.3) is 22.2 Å². The molecule has 10 heteroatoms. The molecule has 5 rings (SSSR count). The fourth-order valence-corrected chi connectivity index (χ4v) is 4.93. The zero-order valence-corrected chi connectivity index (χ0v) is 17.4. The first-order valence-corrected chi connectivity index (χ1v) is 10.2. The fraction of sp³-hybridized carbons (Fsp3) is 0.364. The summed E-state index contributed by atoms with van der Waals surface area (Å²) in [4.78, 5) is 23.3. The van der Waals surface area contributed by atoms with Crippen LogP contribution >= 0.6 is 0 Å². The van der Waals surface area contributed by atoms with Gasteiger partial charge in [0, 0.05) is 42.5 Å². The Labute approximate surface area is 181 Å². The molecule has 1 amide bonds.